The van der Waals surface area contributed by atoms with Gasteiger partial charge in [0.15, 0.2) is 0 Å². The van der Waals surface area contributed by atoms with Crippen LogP contribution in [0.1, 0.15) is 49.9 Å². The highest BCUT2D eigenvalue weighted by atomic mass is 32.1. The molecule has 0 radical (unpaired) electrons. The van der Waals surface area contributed by atoms with Crippen molar-refractivity contribution >= 4 is 52.8 Å². The van der Waals surface area contributed by atoms with E-state index in [1.54, 1.807) is 0 Å². The van der Waals surface area contributed by atoms with Crippen molar-refractivity contribution in [3.05, 3.63) is 119 Å². The van der Waals surface area contributed by atoms with Gasteiger partial charge in [-0.3, -0.25) is 0 Å². The van der Waals surface area contributed by atoms with Gasteiger partial charge in [0, 0.05) is 30.0 Å². The fourth-order valence-electron chi connectivity index (χ4n) is 7.33. The van der Waals surface area contributed by atoms with Crippen molar-refractivity contribution in [2.24, 2.45) is 0 Å². The van der Waals surface area contributed by atoms with E-state index in [4.69, 9.17) is 0 Å². The second kappa shape index (κ2) is 8.07. The number of benzene rings is 4. The standard InChI is InChI=1S/C38H28S3/c1-37(2)27-11-7-5-9-23(27)25-15-13-21(17-29(25)37)31-19-33-35(40-31)36-34(39-33)20-32(41-36)22-14-16-26-24-10-6-8-12-28(24)38(3,4)30(26)18-22/h5-20H,1-4H3. The van der Waals surface area contributed by atoms with E-state index in [9.17, 15) is 0 Å². The molecule has 0 spiro atoms. The molecule has 0 N–H and O–H groups in total. The molecule has 0 atom stereocenters. The molecule has 0 nitrogen and oxygen atoms in total. The summed E-state index contributed by atoms with van der Waals surface area (Å²) >= 11 is 5.86. The summed E-state index contributed by atoms with van der Waals surface area (Å²) in [6, 6.07) is 36.9. The molecule has 3 heteroatoms. The predicted molar refractivity (Wildman–Crippen MR) is 181 cm³/mol. The monoisotopic (exact) mass is 580 g/mol. The van der Waals surface area contributed by atoms with Crippen LogP contribution in [0.5, 0.6) is 0 Å². The van der Waals surface area contributed by atoms with E-state index in [0.717, 1.165) is 0 Å². The highest BCUT2D eigenvalue weighted by Gasteiger charge is 2.36. The van der Waals surface area contributed by atoms with E-state index in [-0.39, 0.29) is 10.8 Å². The minimum Gasteiger partial charge on any atom is -0.133 e. The largest absolute Gasteiger partial charge is 0.133 e. The molecule has 0 bridgehead atoms. The van der Waals surface area contributed by atoms with Crippen LogP contribution in [0.2, 0.25) is 0 Å². The number of hydrogen-bond acceptors (Lipinski definition) is 3. The molecule has 0 saturated carbocycles. The van der Waals surface area contributed by atoms with Crippen LogP contribution in [-0.4, -0.2) is 0 Å². The molecule has 0 saturated heterocycles. The Hall–Kier alpha value is -3.50. The molecule has 4 aromatic carbocycles. The van der Waals surface area contributed by atoms with Crippen LogP contribution in [0.25, 0.3) is 61.9 Å². The van der Waals surface area contributed by atoms with Gasteiger partial charge in [-0.15, -0.1) is 34.0 Å². The molecule has 0 unspecified atom stereocenters. The molecule has 3 heterocycles. The highest BCUT2D eigenvalue weighted by Crippen LogP contribution is 2.53. The van der Waals surface area contributed by atoms with Crippen LogP contribution in [0.4, 0.5) is 0 Å². The topological polar surface area (TPSA) is 0 Å². The van der Waals surface area contributed by atoms with Crippen molar-refractivity contribution in [3.8, 4) is 43.1 Å². The van der Waals surface area contributed by atoms with Gasteiger partial charge in [-0.25, -0.2) is 0 Å². The summed E-state index contributed by atoms with van der Waals surface area (Å²) in [6.07, 6.45) is 0. The van der Waals surface area contributed by atoms with Crippen molar-refractivity contribution in [2.45, 2.75) is 38.5 Å². The van der Waals surface area contributed by atoms with Gasteiger partial charge < -0.3 is 0 Å². The summed E-state index contributed by atoms with van der Waals surface area (Å²) in [6.45, 7) is 9.46. The first kappa shape index (κ1) is 24.1. The Morgan fingerprint density at radius 1 is 0.415 bits per heavy atom. The zero-order valence-electron chi connectivity index (χ0n) is 23.5. The van der Waals surface area contributed by atoms with E-state index in [1.165, 1.54) is 84.2 Å². The molecular weight excluding hydrogens is 553 g/mol. The Balaban J connectivity index is 1.11. The zero-order chi connectivity index (χ0) is 27.7. The molecule has 7 aromatic rings. The Labute approximate surface area is 252 Å². The lowest BCUT2D eigenvalue weighted by Gasteiger charge is -2.21. The Kier molecular flexibility index (Phi) is 4.75. The third-order valence-electron chi connectivity index (χ3n) is 9.56. The fraction of sp³-hybridized carbons (Fsp3) is 0.158. The first-order chi connectivity index (χ1) is 19.8. The van der Waals surface area contributed by atoms with E-state index in [1.807, 2.05) is 34.0 Å². The van der Waals surface area contributed by atoms with Crippen LogP contribution in [-0.2, 0) is 10.8 Å². The van der Waals surface area contributed by atoms with Crippen LogP contribution in [0.15, 0.2) is 97.1 Å². The zero-order valence-corrected chi connectivity index (χ0v) is 25.9. The van der Waals surface area contributed by atoms with Gasteiger partial charge in [0.05, 0.1) is 9.40 Å². The molecule has 3 aromatic heterocycles. The third-order valence-corrected chi connectivity index (χ3v) is 13.4. The molecule has 2 aliphatic carbocycles. The molecule has 0 amide bonds. The highest BCUT2D eigenvalue weighted by molar-refractivity contribution is 7.40. The van der Waals surface area contributed by atoms with Gasteiger partial charge in [0.2, 0.25) is 0 Å². The number of hydrogen-bond donors (Lipinski definition) is 0. The summed E-state index contributed by atoms with van der Waals surface area (Å²) in [4.78, 5) is 2.74. The third kappa shape index (κ3) is 3.20. The summed E-state index contributed by atoms with van der Waals surface area (Å²) < 4.78 is 5.69. The average molecular weight is 581 g/mol. The second-order valence-corrected chi connectivity index (χ2v) is 15.8. The maximum atomic E-state index is 2.45. The molecule has 9 rings (SSSR count). The van der Waals surface area contributed by atoms with Gasteiger partial charge in [0.25, 0.3) is 0 Å². The molecule has 0 aliphatic heterocycles. The van der Waals surface area contributed by atoms with E-state index in [2.05, 4.69) is 125 Å². The number of rotatable bonds is 2. The molecule has 41 heavy (non-hydrogen) atoms. The lowest BCUT2D eigenvalue weighted by molar-refractivity contribution is 0.660. The van der Waals surface area contributed by atoms with Crippen molar-refractivity contribution in [1.29, 1.82) is 0 Å². The maximum Gasteiger partial charge on any atom is 0.0636 e. The minimum absolute atomic E-state index is 0.0261. The van der Waals surface area contributed by atoms with Gasteiger partial charge >= 0.3 is 0 Å². The smallest absolute Gasteiger partial charge is 0.0636 e. The van der Waals surface area contributed by atoms with Crippen LogP contribution >= 0.6 is 34.0 Å². The lowest BCUT2D eigenvalue weighted by atomic mass is 9.82. The SMILES string of the molecule is CC1(C)c2ccccc2-c2ccc(-c3cc4sc5cc(-c6ccc7c(c6)C(C)(C)c6ccccc6-7)sc5c4s3)cc21. The molecule has 198 valence electrons. The average Bonchev–Trinajstić information content (AvgIpc) is 3.75. The normalized spacial score (nSPS) is 15.7. The number of fused-ring (bicyclic) bond motifs is 9. The van der Waals surface area contributed by atoms with Gasteiger partial charge in [-0.1, -0.05) is 100 Å². The molecule has 2 aliphatic rings. The van der Waals surface area contributed by atoms with Crippen molar-refractivity contribution in [1.82, 2.24) is 0 Å². The predicted octanol–water partition coefficient (Wildman–Crippen LogP) is 12.1. The molecule has 0 fully saturated rings. The second-order valence-electron chi connectivity index (χ2n) is 12.6. The van der Waals surface area contributed by atoms with Crippen molar-refractivity contribution < 1.29 is 0 Å². The van der Waals surface area contributed by atoms with Gasteiger partial charge in [-0.2, -0.15) is 0 Å². The van der Waals surface area contributed by atoms with Crippen molar-refractivity contribution in [2.75, 3.05) is 0 Å². The molecular formula is C38H28S3. The summed E-state index contributed by atoms with van der Waals surface area (Å²) in [5.74, 6) is 0. The van der Waals surface area contributed by atoms with Crippen LogP contribution in [0, 0.1) is 0 Å². The van der Waals surface area contributed by atoms with Gasteiger partial charge in [-0.05, 0) is 79.9 Å². The Bertz CT molecular complexity index is 2060. The maximum absolute atomic E-state index is 2.45. The fourth-order valence-corrected chi connectivity index (χ4v) is 11.4. The first-order valence-corrected chi connectivity index (χ1v) is 16.7. The lowest BCUT2D eigenvalue weighted by Crippen LogP contribution is -2.14. The Morgan fingerprint density at radius 2 is 0.829 bits per heavy atom. The van der Waals surface area contributed by atoms with E-state index < -0.39 is 0 Å². The summed E-state index contributed by atoms with van der Waals surface area (Å²) in [5, 5.41) is 0. The quantitative estimate of drug-likeness (QED) is 0.191. The van der Waals surface area contributed by atoms with Gasteiger partial charge in [0.1, 0.15) is 0 Å². The van der Waals surface area contributed by atoms with E-state index >= 15 is 0 Å². The summed E-state index contributed by atoms with van der Waals surface area (Å²) in [5.41, 5.74) is 14.0. The minimum atomic E-state index is 0.0261. The van der Waals surface area contributed by atoms with Crippen LogP contribution < -0.4 is 0 Å². The first-order valence-electron chi connectivity index (χ1n) is 14.3. The van der Waals surface area contributed by atoms with Crippen molar-refractivity contribution in [3.63, 3.8) is 0 Å². The van der Waals surface area contributed by atoms with Crippen LogP contribution in [0.3, 0.4) is 0 Å². The number of thiophene rings is 3. The van der Waals surface area contributed by atoms with E-state index in [0.29, 0.717) is 0 Å². The Morgan fingerprint density at radius 3 is 1.29 bits per heavy atom. The summed E-state index contributed by atoms with van der Waals surface area (Å²) in [7, 11) is 0.